The third-order valence-electron chi connectivity index (χ3n) is 4.45. The Labute approximate surface area is 164 Å². The summed E-state index contributed by atoms with van der Waals surface area (Å²) in [5.41, 5.74) is 0.512. The maximum atomic E-state index is 12.5. The van der Waals surface area contributed by atoms with Crippen molar-refractivity contribution in [1.29, 1.82) is 0 Å². The number of amides is 2. The molecule has 1 N–H and O–H groups in total. The van der Waals surface area contributed by atoms with Crippen molar-refractivity contribution in [3.05, 3.63) is 62.2 Å². The van der Waals surface area contributed by atoms with Gasteiger partial charge in [0.1, 0.15) is 18.0 Å². The molecule has 0 radical (unpaired) electrons. The number of fused-ring (bicyclic) bond motifs is 1. The number of nitrogens with one attached hydrogen (secondary N) is 1. The van der Waals surface area contributed by atoms with Gasteiger partial charge in [-0.2, -0.15) is 0 Å². The first-order valence-corrected chi connectivity index (χ1v) is 8.50. The Morgan fingerprint density at radius 2 is 1.90 bits per heavy atom. The molecule has 0 saturated heterocycles. The third-order valence-corrected chi connectivity index (χ3v) is 4.45. The zero-order valence-corrected chi connectivity index (χ0v) is 15.3. The zero-order valence-electron chi connectivity index (χ0n) is 15.3. The molecule has 0 fully saturated rings. The summed E-state index contributed by atoms with van der Waals surface area (Å²) >= 11 is 0. The molecular formula is C18H16N4O7. The minimum atomic E-state index is -0.654. The predicted octanol–water partition coefficient (Wildman–Crippen LogP) is 2.43. The van der Waals surface area contributed by atoms with Crippen LogP contribution in [0.2, 0.25) is 0 Å². The van der Waals surface area contributed by atoms with Gasteiger partial charge in [-0.25, -0.2) is 0 Å². The van der Waals surface area contributed by atoms with E-state index in [9.17, 15) is 29.8 Å². The summed E-state index contributed by atoms with van der Waals surface area (Å²) < 4.78 is 4.95. The Hall–Kier alpha value is -4.02. The summed E-state index contributed by atoms with van der Waals surface area (Å²) in [6, 6.07) is 8.04. The van der Waals surface area contributed by atoms with E-state index in [-0.39, 0.29) is 41.7 Å². The quantitative estimate of drug-likeness (QED) is 0.579. The average molecular weight is 400 g/mol. The van der Waals surface area contributed by atoms with Crippen molar-refractivity contribution in [2.75, 3.05) is 23.9 Å². The number of ether oxygens (including phenoxy) is 1. The third kappa shape index (κ3) is 4.13. The summed E-state index contributed by atoms with van der Waals surface area (Å²) in [6.07, 6.45) is 0.433. The second kappa shape index (κ2) is 7.92. The number of hydrogen-bond donors (Lipinski definition) is 1. The molecule has 11 heteroatoms. The van der Waals surface area contributed by atoms with Crippen LogP contribution in [-0.2, 0) is 16.0 Å². The number of non-ortho nitro benzene ring substituents is 1. The molecule has 29 heavy (non-hydrogen) atoms. The van der Waals surface area contributed by atoms with Crippen molar-refractivity contribution >= 4 is 34.6 Å². The highest BCUT2D eigenvalue weighted by Crippen LogP contribution is 2.32. The maximum Gasteiger partial charge on any atom is 0.296 e. The minimum Gasteiger partial charge on any atom is -0.496 e. The smallest absolute Gasteiger partial charge is 0.296 e. The van der Waals surface area contributed by atoms with Gasteiger partial charge >= 0.3 is 0 Å². The lowest BCUT2D eigenvalue weighted by Crippen LogP contribution is -2.41. The van der Waals surface area contributed by atoms with Crippen molar-refractivity contribution in [2.45, 2.75) is 12.8 Å². The lowest BCUT2D eigenvalue weighted by molar-refractivity contribution is -0.384. The van der Waals surface area contributed by atoms with Gasteiger partial charge in [0.25, 0.3) is 11.4 Å². The second-order valence-corrected chi connectivity index (χ2v) is 6.24. The Kier molecular flexibility index (Phi) is 5.39. The first-order valence-electron chi connectivity index (χ1n) is 8.50. The highest BCUT2D eigenvalue weighted by atomic mass is 16.6. The number of anilines is 2. The summed E-state index contributed by atoms with van der Waals surface area (Å²) in [7, 11) is 1.36. The van der Waals surface area contributed by atoms with Crippen molar-refractivity contribution in [3.8, 4) is 5.75 Å². The van der Waals surface area contributed by atoms with Crippen molar-refractivity contribution < 1.29 is 24.2 Å². The molecule has 0 spiro atoms. The average Bonchev–Trinajstić information content (AvgIpc) is 2.69. The summed E-state index contributed by atoms with van der Waals surface area (Å²) in [5, 5.41) is 24.6. The van der Waals surface area contributed by atoms with E-state index in [0.717, 1.165) is 0 Å². The lowest BCUT2D eigenvalue weighted by atomic mass is 10.0. The number of rotatable bonds is 6. The van der Waals surface area contributed by atoms with Gasteiger partial charge in [-0.1, -0.05) is 0 Å². The van der Waals surface area contributed by atoms with E-state index < -0.39 is 15.8 Å². The van der Waals surface area contributed by atoms with Crippen molar-refractivity contribution in [1.82, 2.24) is 0 Å². The maximum absolute atomic E-state index is 12.5. The number of nitrogens with zero attached hydrogens (tertiary/aromatic N) is 3. The lowest BCUT2D eigenvalue weighted by Gasteiger charge is -2.28. The molecule has 0 unspecified atom stereocenters. The Balaban J connectivity index is 1.82. The number of nitro benzene ring substituents is 2. The van der Waals surface area contributed by atoms with E-state index in [1.54, 1.807) is 0 Å². The largest absolute Gasteiger partial charge is 0.496 e. The molecule has 1 aliphatic heterocycles. The Morgan fingerprint density at radius 1 is 1.14 bits per heavy atom. The summed E-state index contributed by atoms with van der Waals surface area (Å²) in [6.45, 7) is -0.382. The van der Waals surface area contributed by atoms with Crippen LogP contribution in [0.15, 0.2) is 36.4 Å². The van der Waals surface area contributed by atoms with Crippen LogP contribution in [0.3, 0.4) is 0 Å². The molecule has 0 aliphatic carbocycles. The van der Waals surface area contributed by atoms with Crippen LogP contribution in [0.5, 0.6) is 5.75 Å². The first-order chi connectivity index (χ1) is 13.8. The highest BCUT2D eigenvalue weighted by molar-refractivity contribution is 6.04. The Bertz CT molecular complexity index is 1020. The zero-order chi connectivity index (χ0) is 21.1. The fraction of sp³-hybridized carbons (Fsp3) is 0.222. The molecule has 0 bridgehead atoms. The van der Waals surface area contributed by atoms with E-state index in [2.05, 4.69) is 5.32 Å². The number of benzene rings is 2. The van der Waals surface area contributed by atoms with E-state index in [0.29, 0.717) is 17.7 Å². The molecule has 3 rings (SSSR count). The number of nitro groups is 2. The van der Waals surface area contributed by atoms with Crippen LogP contribution in [0.25, 0.3) is 0 Å². The van der Waals surface area contributed by atoms with Gasteiger partial charge in [-0.05, 0) is 30.2 Å². The van der Waals surface area contributed by atoms with Crippen molar-refractivity contribution in [2.24, 2.45) is 0 Å². The van der Waals surface area contributed by atoms with Gasteiger partial charge in [-0.3, -0.25) is 29.8 Å². The highest BCUT2D eigenvalue weighted by Gasteiger charge is 2.28. The van der Waals surface area contributed by atoms with Crippen LogP contribution in [-0.4, -0.2) is 35.3 Å². The number of aryl methyl sites for hydroxylation is 1. The number of hydrogen-bond acceptors (Lipinski definition) is 7. The van der Waals surface area contributed by atoms with Crippen LogP contribution in [0.4, 0.5) is 22.7 Å². The standard InChI is InChI=1S/C18H16N4O7/c1-29-13-4-5-14(16(9-13)22(27)28)19-17(23)10-20-15-6-3-12(21(25)26)8-11(15)2-7-18(20)24/h3-6,8-9H,2,7,10H2,1H3,(H,19,23). The molecule has 11 nitrogen and oxygen atoms in total. The molecule has 0 aromatic heterocycles. The second-order valence-electron chi connectivity index (χ2n) is 6.24. The SMILES string of the molecule is COc1ccc(NC(=O)CN2C(=O)CCc3cc([N+](=O)[O-])ccc32)c([N+](=O)[O-])c1. The minimum absolute atomic E-state index is 0.0332. The number of carbonyl (C=O) groups is 2. The molecule has 1 heterocycles. The van der Waals surface area contributed by atoms with Crippen molar-refractivity contribution in [3.63, 3.8) is 0 Å². The molecule has 2 aromatic rings. The van der Waals surface area contributed by atoms with Gasteiger partial charge in [0.15, 0.2) is 0 Å². The molecule has 1 aliphatic rings. The number of carbonyl (C=O) groups excluding carboxylic acids is 2. The van der Waals surface area contributed by atoms with E-state index in [1.807, 2.05) is 0 Å². The molecule has 2 aromatic carbocycles. The molecule has 2 amide bonds. The number of methoxy groups -OCH3 is 1. The van der Waals surface area contributed by atoms with Gasteiger partial charge in [0.2, 0.25) is 11.8 Å². The molecular weight excluding hydrogens is 384 g/mol. The fourth-order valence-electron chi connectivity index (χ4n) is 3.06. The molecule has 150 valence electrons. The molecule has 0 atom stereocenters. The van der Waals surface area contributed by atoms with Crippen LogP contribution in [0, 0.1) is 20.2 Å². The van der Waals surface area contributed by atoms with Crippen LogP contribution < -0.4 is 15.0 Å². The van der Waals surface area contributed by atoms with Gasteiger partial charge in [-0.15, -0.1) is 0 Å². The van der Waals surface area contributed by atoms with Gasteiger partial charge < -0.3 is 15.0 Å². The first kappa shape index (κ1) is 19.7. The van der Waals surface area contributed by atoms with E-state index >= 15 is 0 Å². The fourth-order valence-corrected chi connectivity index (χ4v) is 3.06. The van der Waals surface area contributed by atoms with Crippen LogP contribution >= 0.6 is 0 Å². The topological polar surface area (TPSA) is 145 Å². The van der Waals surface area contributed by atoms with Gasteiger partial charge in [0.05, 0.1) is 23.0 Å². The van der Waals surface area contributed by atoms with Gasteiger partial charge in [0, 0.05) is 24.2 Å². The predicted molar refractivity (Wildman–Crippen MR) is 102 cm³/mol. The monoisotopic (exact) mass is 400 g/mol. The Morgan fingerprint density at radius 3 is 2.55 bits per heavy atom. The van der Waals surface area contributed by atoms with E-state index in [1.165, 1.54) is 48.4 Å². The summed E-state index contributed by atoms with van der Waals surface area (Å²) in [5.74, 6) is -0.694. The summed E-state index contributed by atoms with van der Waals surface area (Å²) in [4.78, 5) is 47.0. The van der Waals surface area contributed by atoms with Crippen LogP contribution in [0.1, 0.15) is 12.0 Å². The van der Waals surface area contributed by atoms with E-state index in [4.69, 9.17) is 4.74 Å². The normalized spacial score (nSPS) is 12.9. The molecule has 0 saturated carbocycles.